The Morgan fingerprint density at radius 1 is 0.944 bits per heavy atom. The minimum Gasteiger partial charge on any atom is -0.493 e. The summed E-state index contributed by atoms with van der Waals surface area (Å²) in [7, 11) is 0. The van der Waals surface area contributed by atoms with Crippen LogP contribution in [0.4, 0.5) is 5.69 Å². The van der Waals surface area contributed by atoms with Gasteiger partial charge in [0.2, 0.25) is 5.91 Å². The molecular weight excluding hydrogens is 452 g/mol. The molecule has 1 heterocycles. The summed E-state index contributed by atoms with van der Waals surface area (Å²) in [6.45, 7) is 8.90. The van der Waals surface area contributed by atoms with Gasteiger partial charge in [0.15, 0.2) is 0 Å². The van der Waals surface area contributed by atoms with Gasteiger partial charge in [-0.1, -0.05) is 49.7 Å². The van der Waals surface area contributed by atoms with Gasteiger partial charge in [-0.3, -0.25) is 9.59 Å². The lowest BCUT2D eigenvalue weighted by Crippen LogP contribution is -2.34. The summed E-state index contributed by atoms with van der Waals surface area (Å²) in [6, 6.07) is 14.3. The lowest BCUT2D eigenvalue weighted by Gasteiger charge is -2.33. The monoisotopic (exact) mass is 494 g/mol. The van der Waals surface area contributed by atoms with Crippen molar-refractivity contribution in [2.75, 3.05) is 31.2 Å². The minimum absolute atomic E-state index is 0.0228. The second-order valence-corrected chi connectivity index (χ2v) is 9.34. The number of hydrogen-bond donors (Lipinski definition) is 1. The third kappa shape index (κ3) is 7.74. The van der Waals surface area contributed by atoms with Crippen molar-refractivity contribution >= 4 is 17.6 Å². The van der Waals surface area contributed by atoms with Gasteiger partial charge in [-0.05, 0) is 63.1 Å². The van der Waals surface area contributed by atoms with Crippen LogP contribution in [0, 0.1) is 0 Å². The van der Waals surface area contributed by atoms with Gasteiger partial charge in [-0.25, -0.2) is 0 Å². The highest BCUT2D eigenvalue weighted by molar-refractivity contribution is 5.80. The fraction of sp³-hybridized carbons (Fsp3) is 0.533. The molecule has 36 heavy (non-hydrogen) atoms. The first-order valence-electron chi connectivity index (χ1n) is 13.6. The SMILES string of the molecule is CCCC(NC(=O)Cc1cccc(CCC(=O)OCC)c1OCC)c1ccccc1N1CCCCC1. The molecule has 1 N–H and O–H groups in total. The smallest absolute Gasteiger partial charge is 0.306 e. The number of piperidine rings is 1. The Bertz CT molecular complexity index is 985. The van der Waals surface area contributed by atoms with Crippen LogP contribution in [-0.2, 0) is 27.2 Å². The molecule has 0 saturated carbocycles. The summed E-state index contributed by atoms with van der Waals surface area (Å²) < 4.78 is 11.0. The Labute approximate surface area is 216 Å². The van der Waals surface area contributed by atoms with Crippen molar-refractivity contribution in [2.45, 2.75) is 78.2 Å². The molecule has 0 aliphatic carbocycles. The van der Waals surface area contributed by atoms with E-state index < -0.39 is 0 Å². The molecule has 2 aromatic carbocycles. The van der Waals surface area contributed by atoms with E-state index in [1.54, 1.807) is 6.92 Å². The molecule has 1 fully saturated rings. The summed E-state index contributed by atoms with van der Waals surface area (Å²) in [4.78, 5) is 27.7. The minimum atomic E-state index is -0.224. The van der Waals surface area contributed by atoms with E-state index in [-0.39, 0.29) is 30.8 Å². The zero-order chi connectivity index (χ0) is 25.8. The van der Waals surface area contributed by atoms with E-state index >= 15 is 0 Å². The van der Waals surface area contributed by atoms with Gasteiger partial charge in [0.05, 0.1) is 25.7 Å². The highest BCUT2D eigenvalue weighted by Gasteiger charge is 2.22. The molecule has 1 amide bonds. The normalized spacial score (nSPS) is 14.2. The maximum atomic E-state index is 13.3. The quantitative estimate of drug-likeness (QED) is 0.358. The van der Waals surface area contributed by atoms with E-state index in [0.29, 0.717) is 25.4 Å². The van der Waals surface area contributed by atoms with E-state index in [1.165, 1.54) is 30.5 Å². The van der Waals surface area contributed by atoms with E-state index in [2.05, 4.69) is 41.4 Å². The number of anilines is 1. The zero-order valence-corrected chi connectivity index (χ0v) is 22.2. The van der Waals surface area contributed by atoms with Crippen molar-refractivity contribution in [2.24, 2.45) is 0 Å². The molecule has 0 spiro atoms. The molecule has 6 heteroatoms. The Balaban J connectivity index is 1.76. The standard InChI is InChI=1S/C30H42N2O4/c1-4-13-26(25-16-8-9-17-27(25)32-20-10-7-11-21-32)31-28(33)22-24-15-12-14-23(30(24)36-6-3)18-19-29(34)35-5-2/h8-9,12,14-17,26H,4-7,10-11,13,18-22H2,1-3H3,(H,31,33). The largest absolute Gasteiger partial charge is 0.493 e. The van der Waals surface area contributed by atoms with Crippen molar-refractivity contribution in [1.82, 2.24) is 5.32 Å². The van der Waals surface area contributed by atoms with Crippen molar-refractivity contribution in [3.05, 3.63) is 59.2 Å². The molecule has 0 bridgehead atoms. The third-order valence-electron chi connectivity index (χ3n) is 6.64. The Kier molecular flexibility index (Phi) is 11.1. The topological polar surface area (TPSA) is 67.9 Å². The van der Waals surface area contributed by atoms with Crippen molar-refractivity contribution in [1.29, 1.82) is 0 Å². The molecular formula is C30H42N2O4. The number of rotatable bonds is 13. The number of hydrogen-bond acceptors (Lipinski definition) is 5. The molecule has 1 aliphatic heterocycles. The van der Waals surface area contributed by atoms with Gasteiger partial charge < -0.3 is 19.7 Å². The second-order valence-electron chi connectivity index (χ2n) is 9.34. The molecule has 1 atom stereocenters. The molecule has 1 unspecified atom stereocenters. The maximum absolute atomic E-state index is 13.3. The number of carbonyl (C=O) groups excluding carboxylic acids is 2. The van der Waals surface area contributed by atoms with Crippen molar-refractivity contribution in [3.63, 3.8) is 0 Å². The van der Waals surface area contributed by atoms with Crippen molar-refractivity contribution < 1.29 is 19.1 Å². The van der Waals surface area contributed by atoms with Gasteiger partial charge in [0.25, 0.3) is 0 Å². The summed E-state index contributed by atoms with van der Waals surface area (Å²) in [5.74, 6) is 0.462. The average Bonchev–Trinajstić information content (AvgIpc) is 2.89. The number of carbonyl (C=O) groups is 2. The number of para-hydroxylation sites is 2. The van der Waals surface area contributed by atoms with E-state index in [1.807, 2.05) is 25.1 Å². The second kappa shape index (κ2) is 14.5. The molecule has 1 saturated heterocycles. The maximum Gasteiger partial charge on any atom is 0.306 e. The van der Waals surface area contributed by atoms with Crippen LogP contribution in [0.25, 0.3) is 0 Å². The molecule has 6 nitrogen and oxygen atoms in total. The molecule has 3 rings (SSSR count). The molecule has 196 valence electrons. The average molecular weight is 495 g/mol. The van der Waals surface area contributed by atoms with E-state index in [0.717, 1.165) is 37.1 Å². The highest BCUT2D eigenvalue weighted by atomic mass is 16.5. The van der Waals surface area contributed by atoms with Crippen LogP contribution in [0.5, 0.6) is 5.75 Å². The van der Waals surface area contributed by atoms with Gasteiger partial charge in [0, 0.05) is 30.8 Å². The number of benzene rings is 2. The molecule has 2 aromatic rings. The van der Waals surface area contributed by atoms with Crippen molar-refractivity contribution in [3.8, 4) is 5.75 Å². The Morgan fingerprint density at radius 3 is 2.42 bits per heavy atom. The first kappa shape index (κ1) is 27.6. The molecule has 0 radical (unpaired) electrons. The number of amides is 1. The van der Waals surface area contributed by atoms with Crippen LogP contribution in [0.2, 0.25) is 0 Å². The van der Waals surface area contributed by atoms with Crippen LogP contribution in [0.1, 0.15) is 82.0 Å². The fourth-order valence-electron chi connectivity index (χ4n) is 4.99. The van der Waals surface area contributed by atoms with Crippen LogP contribution >= 0.6 is 0 Å². The summed E-state index contributed by atoms with van der Waals surface area (Å²) in [6.07, 6.45) is 6.61. The number of nitrogens with zero attached hydrogens (tertiary/aromatic N) is 1. The predicted molar refractivity (Wildman–Crippen MR) is 145 cm³/mol. The lowest BCUT2D eigenvalue weighted by atomic mass is 9.97. The van der Waals surface area contributed by atoms with E-state index in [9.17, 15) is 9.59 Å². The summed E-state index contributed by atoms with van der Waals surface area (Å²) >= 11 is 0. The Morgan fingerprint density at radius 2 is 1.69 bits per heavy atom. The third-order valence-corrected chi connectivity index (χ3v) is 6.64. The van der Waals surface area contributed by atoms with E-state index in [4.69, 9.17) is 9.47 Å². The molecule has 0 aromatic heterocycles. The number of nitrogens with one attached hydrogen (secondary N) is 1. The van der Waals surface area contributed by atoms with Gasteiger partial charge in [-0.15, -0.1) is 0 Å². The fourth-order valence-corrected chi connectivity index (χ4v) is 4.99. The Hall–Kier alpha value is -3.02. The van der Waals surface area contributed by atoms with Crippen LogP contribution < -0.4 is 15.0 Å². The van der Waals surface area contributed by atoms with Gasteiger partial charge in [-0.2, -0.15) is 0 Å². The predicted octanol–water partition coefficient (Wildman–Crippen LogP) is 5.77. The number of esters is 1. The zero-order valence-electron chi connectivity index (χ0n) is 22.2. The lowest BCUT2D eigenvalue weighted by molar-refractivity contribution is -0.143. The van der Waals surface area contributed by atoms with Crippen LogP contribution in [-0.4, -0.2) is 38.2 Å². The van der Waals surface area contributed by atoms with Crippen LogP contribution in [0.3, 0.4) is 0 Å². The first-order chi connectivity index (χ1) is 17.6. The van der Waals surface area contributed by atoms with Crippen LogP contribution in [0.15, 0.2) is 42.5 Å². The summed E-state index contributed by atoms with van der Waals surface area (Å²) in [5, 5.41) is 3.32. The number of ether oxygens (including phenoxy) is 2. The molecule has 1 aliphatic rings. The first-order valence-corrected chi connectivity index (χ1v) is 13.6. The number of aryl methyl sites for hydroxylation is 1. The van der Waals surface area contributed by atoms with Gasteiger partial charge >= 0.3 is 5.97 Å². The highest BCUT2D eigenvalue weighted by Crippen LogP contribution is 2.32. The summed E-state index contributed by atoms with van der Waals surface area (Å²) in [5.41, 5.74) is 4.21. The van der Waals surface area contributed by atoms with Gasteiger partial charge in [0.1, 0.15) is 5.75 Å².